The van der Waals surface area contributed by atoms with E-state index in [0.29, 0.717) is 23.1 Å². The molecule has 0 atom stereocenters. The highest BCUT2D eigenvalue weighted by molar-refractivity contribution is 7.89. The Labute approximate surface area is 163 Å². The topological polar surface area (TPSA) is 93.7 Å². The van der Waals surface area contributed by atoms with Crippen molar-refractivity contribution in [2.24, 2.45) is 0 Å². The summed E-state index contributed by atoms with van der Waals surface area (Å²) in [6.45, 7) is 2.48. The molecule has 2 N–H and O–H groups in total. The van der Waals surface area contributed by atoms with Gasteiger partial charge in [0.05, 0.1) is 24.2 Å². The third kappa shape index (κ3) is 5.85. The Kier molecular flexibility index (Phi) is 7.46. The molecule has 0 aromatic heterocycles. The summed E-state index contributed by atoms with van der Waals surface area (Å²) in [7, 11) is -2.23. The van der Waals surface area contributed by atoms with Crippen LogP contribution in [0.25, 0.3) is 0 Å². The molecule has 9 heteroatoms. The molecule has 146 valence electrons. The minimum Gasteiger partial charge on any atom is -0.496 e. The van der Waals surface area contributed by atoms with E-state index in [4.69, 9.17) is 21.1 Å². The van der Waals surface area contributed by atoms with Gasteiger partial charge in [-0.1, -0.05) is 11.6 Å². The summed E-state index contributed by atoms with van der Waals surface area (Å²) >= 11 is 5.90. The highest BCUT2D eigenvalue weighted by Crippen LogP contribution is 2.22. The lowest BCUT2D eigenvalue weighted by Crippen LogP contribution is -2.34. The van der Waals surface area contributed by atoms with E-state index in [1.165, 1.54) is 25.3 Å². The van der Waals surface area contributed by atoms with Gasteiger partial charge in [0.1, 0.15) is 11.5 Å². The van der Waals surface area contributed by atoms with Crippen molar-refractivity contribution in [3.05, 3.63) is 53.1 Å². The van der Waals surface area contributed by atoms with E-state index in [2.05, 4.69) is 10.0 Å². The van der Waals surface area contributed by atoms with Gasteiger partial charge in [0, 0.05) is 18.1 Å². The smallest absolute Gasteiger partial charge is 0.255 e. The van der Waals surface area contributed by atoms with Crippen LogP contribution >= 0.6 is 11.6 Å². The van der Waals surface area contributed by atoms with E-state index in [1.807, 2.05) is 6.92 Å². The largest absolute Gasteiger partial charge is 0.496 e. The SMILES string of the molecule is CCOc1ccc(S(=O)(=O)NCCNC(=O)c2cc(Cl)ccc2OC)cc1. The Morgan fingerprint density at radius 2 is 1.81 bits per heavy atom. The average Bonchev–Trinajstić information content (AvgIpc) is 2.65. The number of carbonyl (C=O) groups is 1. The van der Waals surface area contributed by atoms with Gasteiger partial charge in [-0.25, -0.2) is 13.1 Å². The Hall–Kier alpha value is -2.29. The van der Waals surface area contributed by atoms with E-state index < -0.39 is 15.9 Å². The molecule has 0 saturated carbocycles. The minimum atomic E-state index is -3.68. The van der Waals surface area contributed by atoms with Crippen molar-refractivity contribution in [3.8, 4) is 11.5 Å². The van der Waals surface area contributed by atoms with Gasteiger partial charge in [0.15, 0.2) is 0 Å². The van der Waals surface area contributed by atoms with Crippen LogP contribution < -0.4 is 19.5 Å². The number of amides is 1. The van der Waals surface area contributed by atoms with Crippen LogP contribution in [0.15, 0.2) is 47.4 Å². The van der Waals surface area contributed by atoms with Gasteiger partial charge in [0.2, 0.25) is 10.0 Å². The molecule has 0 saturated heterocycles. The van der Waals surface area contributed by atoms with Gasteiger partial charge in [-0.05, 0) is 49.4 Å². The normalized spacial score (nSPS) is 11.1. The van der Waals surface area contributed by atoms with Crippen molar-refractivity contribution in [1.29, 1.82) is 0 Å². The lowest BCUT2D eigenvalue weighted by atomic mass is 10.2. The molecule has 0 radical (unpaired) electrons. The van der Waals surface area contributed by atoms with Crippen LogP contribution in [0, 0.1) is 0 Å². The quantitative estimate of drug-likeness (QED) is 0.617. The molecule has 27 heavy (non-hydrogen) atoms. The Balaban J connectivity index is 1.90. The van der Waals surface area contributed by atoms with Crippen molar-refractivity contribution in [3.63, 3.8) is 0 Å². The van der Waals surface area contributed by atoms with E-state index >= 15 is 0 Å². The van der Waals surface area contributed by atoms with Crippen LogP contribution in [0.3, 0.4) is 0 Å². The zero-order chi connectivity index (χ0) is 19.9. The first-order chi connectivity index (χ1) is 12.9. The van der Waals surface area contributed by atoms with E-state index in [-0.39, 0.29) is 23.5 Å². The lowest BCUT2D eigenvalue weighted by Gasteiger charge is -2.11. The zero-order valence-corrected chi connectivity index (χ0v) is 16.6. The monoisotopic (exact) mass is 412 g/mol. The third-order valence-corrected chi connectivity index (χ3v) is 5.27. The Bertz CT molecular complexity index is 885. The highest BCUT2D eigenvalue weighted by atomic mass is 35.5. The van der Waals surface area contributed by atoms with Gasteiger partial charge in [0.25, 0.3) is 5.91 Å². The first-order valence-corrected chi connectivity index (χ1v) is 10.1. The molecule has 0 aliphatic rings. The number of nitrogens with one attached hydrogen (secondary N) is 2. The van der Waals surface area contributed by atoms with Gasteiger partial charge in [-0.15, -0.1) is 0 Å². The molecule has 0 bridgehead atoms. The first kappa shape index (κ1) is 21.0. The molecular weight excluding hydrogens is 392 g/mol. The number of sulfonamides is 1. The summed E-state index contributed by atoms with van der Waals surface area (Å²) < 4.78 is 37.4. The van der Waals surface area contributed by atoms with Gasteiger partial charge < -0.3 is 14.8 Å². The number of ether oxygens (including phenoxy) is 2. The predicted molar refractivity (Wildman–Crippen MR) is 103 cm³/mol. The molecule has 1 amide bonds. The molecule has 7 nitrogen and oxygen atoms in total. The number of rotatable bonds is 9. The number of benzene rings is 2. The average molecular weight is 413 g/mol. The third-order valence-electron chi connectivity index (χ3n) is 3.55. The number of methoxy groups -OCH3 is 1. The van der Waals surface area contributed by atoms with Crippen LogP contribution in [0.4, 0.5) is 0 Å². The molecule has 0 aliphatic carbocycles. The first-order valence-electron chi connectivity index (χ1n) is 8.21. The fourth-order valence-corrected chi connectivity index (χ4v) is 3.48. The maximum atomic E-state index is 12.3. The van der Waals surface area contributed by atoms with Crippen molar-refractivity contribution in [1.82, 2.24) is 10.0 Å². The summed E-state index contributed by atoms with van der Waals surface area (Å²) in [6, 6.07) is 10.8. The van der Waals surface area contributed by atoms with Gasteiger partial charge >= 0.3 is 0 Å². The molecule has 0 fully saturated rings. The lowest BCUT2D eigenvalue weighted by molar-refractivity contribution is 0.0951. The van der Waals surface area contributed by atoms with E-state index in [1.54, 1.807) is 24.3 Å². The molecule has 0 aliphatic heterocycles. The highest BCUT2D eigenvalue weighted by Gasteiger charge is 2.15. The fourth-order valence-electron chi connectivity index (χ4n) is 2.28. The maximum Gasteiger partial charge on any atom is 0.255 e. The second kappa shape index (κ2) is 9.59. The van der Waals surface area contributed by atoms with Crippen LogP contribution in [0.5, 0.6) is 11.5 Å². The number of halogens is 1. The van der Waals surface area contributed by atoms with Crippen molar-refractivity contribution in [2.45, 2.75) is 11.8 Å². The van der Waals surface area contributed by atoms with E-state index in [0.717, 1.165) is 0 Å². The second-order valence-electron chi connectivity index (χ2n) is 5.40. The zero-order valence-electron chi connectivity index (χ0n) is 15.0. The summed E-state index contributed by atoms with van der Waals surface area (Å²) in [5, 5.41) is 3.03. The molecule has 0 heterocycles. The summed E-state index contributed by atoms with van der Waals surface area (Å²) in [5.41, 5.74) is 0.277. The molecule has 2 rings (SSSR count). The fraction of sp³-hybridized carbons (Fsp3) is 0.278. The molecule has 0 spiro atoms. The van der Waals surface area contributed by atoms with Crippen molar-refractivity contribution in [2.75, 3.05) is 26.8 Å². The number of hydrogen-bond acceptors (Lipinski definition) is 5. The standard InChI is InChI=1S/C18H21ClN2O5S/c1-3-26-14-5-7-15(8-6-14)27(23,24)21-11-10-20-18(22)16-12-13(19)4-9-17(16)25-2/h4-9,12,21H,3,10-11H2,1-2H3,(H,20,22). The number of carbonyl (C=O) groups excluding carboxylic acids is 1. The van der Waals surface area contributed by atoms with Gasteiger partial charge in [-0.2, -0.15) is 0 Å². The Morgan fingerprint density at radius 1 is 1.11 bits per heavy atom. The predicted octanol–water partition coefficient (Wildman–Crippen LogP) is 2.46. The second-order valence-corrected chi connectivity index (χ2v) is 7.61. The van der Waals surface area contributed by atoms with Crippen molar-refractivity contribution >= 4 is 27.5 Å². The molecule has 2 aromatic rings. The van der Waals surface area contributed by atoms with E-state index in [9.17, 15) is 13.2 Å². The number of hydrogen-bond donors (Lipinski definition) is 2. The maximum absolute atomic E-state index is 12.3. The summed E-state index contributed by atoms with van der Waals surface area (Å²) in [5.74, 6) is 0.570. The molecule has 2 aromatic carbocycles. The minimum absolute atomic E-state index is 0.0319. The van der Waals surface area contributed by atoms with Crippen LogP contribution in [0.2, 0.25) is 5.02 Å². The summed E-state index contributed by atoms with van der Waals surface area (Å²) in [6.07, 6.45) is 0. The molecule has 0 unspecified atom stereocenters. The van der Waals surface area contributed by atoms with Crippen LogP contribution in [-0.2, 0) is 10.0 Å². The molecular formula is C18H21ClN2O5S. The summed E-state index contributed by atoms with van der Waals surface area (Å²) in [4.78, 5) is 12.3. The van der Waals surface area contributed by atoms with Crippen LogP contribution in [0.1, 0.15) is 17.3 Å². The van der Waals surface area contributed by atoms with Crippen molar-refractivity contribution < 1.29 is 22.7 Å². The van der Waals surface area contributed by atoms with Gasteiger partial charge in [-0.3, -0.25) is 4.79 Å². The van der Waals surface area contributed by atoms with Crippen LogP contribution in [-0.4, -0.2) is 41.1 Å². The Morgan fingerprint density at radius 3 is 2.44 bits per heavy atom.